The van der Waals surface area contributed by atoms with Crippen LogP contribution in [-0.4, -0.2) is 80.4 Å². The van der Waals surface area contributed by atoms with Crippen LogP contribution in [0.1, 0.15) is 18.4 Å². The van der Waals surface area contributed by atoms with Crippen molar-refractivity contribution >= 4 is 21.7 Å². The van der Waals surface area contributed by atoms with Gasteiger partial charge in [-0.2, -0.15) is 0 Å². The van der Waals surface area contributed by atoms with Gasteiger partial charge < -0.3 is 14.5 Å². The number of rotatable bonds is 6. The van der Waals surface area contributed by atoms with Gasteiger partial charge in [-0.1, -0.05) is 30.3 Å². The Hall–Kier alpha value is -1.93. The number of fused-ring (bicyclic) bond motifs is 1. The summed E-state index contributed by atoms with van der Waals surface area (Å²) < 4.78 is 29.3. The van der Waals surface area contributed by atoms with Crippen LogP contribution in [0.4, 0.5) is 0 Å². The van der Waals surface area contributed by atoms with Gasteiger partial charge in [-0.05, 0) is 18.4 Å². The van der Waals surface area contributed by atoms with Gasteiger partial charge in [-0.25, -0.2) is 8.42 Å². The molecule has 0 aliphatic carbocycles. The number of benzene rings is 1. The van der Waals surface area contributed by atoms with Crippen LogP contribution in [0.5, 0.6) is 0 Å². The maximum atomic E-state index is 12.7. The third-order valence-electron chi connectivity index (χ3n) is 5.28. The minimum absolute atomic E-state index is 0.0307. The Kier molecular flexibility index (Phi) is 6.16. The van der Waals surface area contributed by atoms with Crippen molar-refractivity contribution in [2.75, 3.05) is 38.3 Å². The predicted octanol–water partition coefficient (Wildman–Crippen LogP) is 0.492. The maximum Gasteiger partial charge on any atom is 0.248 e. The Labute approximate surface area is 160 Å². The van der Waals surface area contributed by atoms with Crippen LogP contribution in [-0.2, 0) is 30.6 Å². The molecule has 27 heavy (non-hydrogen) atoms. The smallest absolute Gasteiger partial charge is 0.248 e. The summed E-state index contributed by atoms with van der Waals surface area (Å²) in [6.07, 6.45) is 1.91. The number of amides is 2. The minimum atomic E-state index is -3.27. The highest BCUT2D eigenvalue weighted by atomic mass is 32.2. The summed E-state index contributed by atoms with van der Waals surface area (Å²) in [5.74, 6) is -0.405. The molecule has 2 amide bonds. The fraction of sp³-hybridized carbons (Fsp3) is 0.579. The number of methoxy groups -OCH3 is 1. The molecule has 8 heteroatoms. The maximum absolute atomic E-state index is 12.7. The number of carbonyl (C=O) groups excluding carboxylic acids is 2. The molecule has 0 unspecified atom stereocenters. The van der Waals surface area contributed by atoms with Crippen LogP contribution in [0.3, 0.4) is 0 Å². The van der Waals surface area contributed by atoms with E-state index in [0.29, 0.717) is 19.5 Å². The number of piperazine rings is 1. The average Bonchev–Trinajstić information content (AvgIpc) is 2.96. The van der Waals surface area contributed by atoms with E-state index in [9.17, 15) is 18.0 Å². The Bertz CT molecular complexity index is 781. The highest BCUT2D eigenvalue weighted by Gasteiger charge is 2.49. The molecule has 2 aliphatic rings. The van der Waals surface area contributed by atoms with Crippen molar-refractivity contribution in [1.29, 1.82) is 0 Å². The molecule has 7 nitrogen and oxygen atoms in total. The number of hydrogen-bond acceptors (Lipinski definition) is 5. The number of hydrogen-bond donors (Lipinski definition) is 0. The number of sulfone groups is 1. The third kappa shape index (κ3) is 4.68. The Morgan fingerprint density at radius 1 is 1.04 bits per heavy atom. The summed E-state index contributed by atoms with van der Waals surface area (Å²) in [6.45, 7) is 0.647. The molecule has 2 fully saturated rings. The SMILES string of the molecule is COCC(=O)N1CCN(C(=O)CCCc2ccccc2)[C@H]2CS(=O)(=O)C[C@H]21. The summed E-state index contributed by atoms with van der Waals surface area (Å²) in [5, 5.41) is 0. The standard InChI is InChI=1S/C19H26N2O5S/c1-26-12-19(23)21-11-10-20(16-13-27(24,25)14-17(16)21)18(22)9-5-8-15-6-3-2-4-7-15/h2-4,6-7,16-17H,5,8-14H2,1H3/t16-,17+/m0/s1. The Morgan fingerprint density at radius 3 is 2.22 bits per heavy atom. The van der Waals surface area contributed by atoms with Crippen molar-refractivity contribution in [1.82, 2.24) is 9.80 Å². The highest BCUT2D eigenvalue weighted by molar-refractivity contribution is 7.91. The van der Waals surface area contributed by atoms with Crippen LogP contribution in [0.25, 0.3) is 0 Å². The first-order valence-corrected chi connectivity index (χ1v) is 11.1. The molecule has 1 aromatic rings. The zero-order valence-electron chi connectivity index (χ0n) is 15.5. The lowest BCUT2D eigenvalue weighted by atomic mass is 10.0. The second-order valence-corrected chi connectivity index (χ2v) is 9.31. The van der Waals surface area contributed by atoms with Crippen LogP contribution >= 0.6 is 0 Å². The summed E-state index contributed by atoms with van der Waals surface area (Å²) >= 11 is 0. The van der Waals surface area contributed by atoms with Gasteiger partial charge in [0.05, 0.1) is 23.6 Å². The van der Waals surface area contributed by atoms with E-state index in [1.54, 1.807) is 9.80 Å². The summed E-state index contributed by atoms with van der Waals surface area (Å²) in [6, 6.07) is 9.05. The molecule has 148 valence electrons. The van der Waals surface area contributed by atoms with Crippen molar-refractivity contribution in [2.24, 2.45) is 0 Å². The molecule has 0 bridgehead atoms. The van der Waals surface area contributed by atoms with Crippen molar-refractivity contribution in [3.63, 3.8) is 0 Å². The second-order valence-electron chi connectivity index (χ2n) is 7.16. The quantitative estimate of drug-likeness (QED) is 0.701. The third-order valence-corrected chi connectivity index (χ3v) is 6.98. The van der Waals surface area contributed by atoms with Gasteiger partial charge in [0.15, 0.2) is 9.84 Å². The lowest BCUT2D eigenvalue weighted by Gasteiger charge is -2.43. The predicted molar refractivity (Wildman–Crippen MR) is 101 cm³/mol. The number of carbonyl (C=O) groups is 2. The molecule has 0 saturated carbocycles. The first kappa shape index (κ1) is 19.8. The largest absolute Gasteiger partial charge is 0.375 e. The fourth-order valence-electron chi connectivity index (χ4n) is 4.01. The monoisotopic (exact) mass is 394 g/mol. The van der Waals surface area contributed by atoms with Crippen molar-refractivity contribution in [3.05, 3.63) is 35.9 Å². The van der Waals surface area contributed by atoms with Crippen LogP contribution in [0, 0.1) is 0 Å². The minimum Gasteiger partial charge on any atom is -0.375 e. The van der Waals surface area contributed by atoms with Crippen LogP contribution < -0.4 is 0 Å². The zero-order valence-corrected chi connectivity index (χ0v) is 16.4. The topological polar surface area (TPSA) is 84.0 Å². The number of ether oxygens (including phenoxy) is 1. The molecular formula is C19H26N2O5S. The van der Waals surface area contributed by atoms with E-state index in [2.05, 4.69) is 0 Å². The zero-order chi connectivity index (χ0) is 19.4. The first-order chi connectivity index (χ1) is 12.9. The highest BCUT2D eigenvalue weighted by Crippen LogP contribution is 2.28. The summed E-state index contributed by atoms with van der Waals surface area (Å²) in [5.41, 5.74) is 1.18. The molecule has 2 saturated heterocycles. The van der Waals surface area contributed by atoms with Crippen LogP contribution in [0.15, 0.2) is 30.3 Å². The summed E-state index contributed by atoms with van der Waals surface area (Å²) in [7, 11) is -1.83. The number of aryl methyl sites for hydroxylation is 1. The fourth-order valence-corrected chi connectivity index (χ4v) is 5.99. The van der Waals surface area contributed by atoms with E-state index in [1.165, 1.54) is 12.7 Å². The molecule has 2 atom stereocenters. The van der Waals surface area contributed by atoms with Gasteiger partial charge in [0.2, 0.25) is 11.8 Å². The van der Waals surface area contributed by atoms with E-state index in [-0.39, 0.29) is 29.9 Å². The molecule has 1 aromatic carbocycles. The second kappa shape index (κ2) is 8.39. The van der Waals surface area contributed by atoms with Crippen molar-refractivity contribution in [2.45, 2.75) is 31.3 Å². The van der Waals surface area contributed by atoms with Gasteiger partial charge in [0.25, 0.3) is 0 Å². The number of nitrogens with zero attached hydrogens (tertiary/aromatic N) is 2. The van der Waals surface area contributed by atoms with E-state index < -0.39 is 21.9 Å². The van der Waals surface area contributed by atoms with E-state index in [0.717, 1.165) is 12.8 Å². The van der Waals surface area contributed by atoms with Gasteiger partial charge >= 0.3 is 0 Å². The normalized spacial score (nSPS) is 23.9. The van der Waals surface area contributed by atoms with E-state index in [1.807, 2.05) is 30.3 Å². The summed E-state index contributed by atoms with van der Waals surface area (Å²) in [4.78, 5) is 28.3. The molecule has 0 aromatic heterocycles. The van der Waals surface area contributed by atoms with E-state index >= 15 is 0 Å². The molecule has 3 rings (SSSR count). The van der Waals surface area contributed by atoms with Gasteiger partial charge in [0, 0.05) is 26.6 Å². The molecule has 0 spiro atoms. The molecule has 0 radical (unpaired) electrons. The molecular weight excluding hydrogens is 368 g/mol. The lowest BCUT2D eigenvalue weighted by Crippen LogP contribution is -2.62. The average molecular weight is 394 g/mol. The van der Waals surface area contributed by atoms with Gasteiger partial charge in [-0.15, -0.1) is 0 Å². The Morgan fingerprint density at radius 2 is 1.63 bits per heavy atom. The molecule has 0 N–H and O–H groups in total. The Balaban J connectivity index is 1.64. The van der Waals surface area contributed by atoms with Crippen molar-refractivity contribution < 1.29 is 22.7 Å². The van der Waals surface area contributed by atoms with Gasteiger partial charge in [0.1, 0.15) is 6.61 Å². The van der Waals surface area contributed by atoms with Gasteiger partial charge in [-0.3, -0.25) is 9.59 Å². The molecule has 2 heterocycles. The first-order valence-electron chi connectivity index (χ1n) is 9.23. The lowest BCUT2D eigenvalue weighted by molar-refractivity contribution is -0.147. The molecule has 2 aliphatic heterocycles. The van der Waals surface area contributed by atoms with Crippen molar-refractivity contribution in [3.8, 4) is 0 Å². The van der Waals surface area contributed by atoms with Crippen LogP contribution in [0.2, 0.25) is 0 Å². The van der Waals surface area contributed by atoms with E-state index in [4.69, 9.17) is 4.74 Å².